The maximum atomic E-state index is 10.8. The summed E-state index contributed by atoms with van der Waals surface area (Å²) in [5, 5.41) is 11.1. The highest BCUT2D eigenvalue weighted by Crippen LogP contribution is 2.31. The average molecular weight is 240 g/mol. The predicted octanol–water partition coefficient (Wildman–Crippen LogP) is 2.20. The van der Waals surface area contributed by atoms with Crippen LogP contribution in [0.4, 0.5) is 5.69 Å². The molecule has 0 aliphatic heterocycles. The number of nitro benzene ring substituents is 1. The van der Waals surface area contributed by atoms with Gasteiger partial charge in [0.05, 0.1) is 17.5 Å². The first-order valence-corrected chi connectivity index (χ1v) is 4.66. The van der Waals surface area contributed by atoms with Crippen LogP contribution >= 0.6 is 11.6 Å². The van der Waals surface area contributed by atoms with Crippen molar-refractivity contribution in [3.05, 3.63) is 33.6 Å². The molecule has 6 nitrogen and oxygen atoms in total. The molecule has 1 aromatic heterocycles. The molecule has 0 atom stereocenters. The summed E-state index contributed by atoms with van der Waals surface area (Å²) >= 11 is 5.66. The molecule has 0 unspecified atom stereocenters. The van der Waals surface area contributed by atoms with Crippen LogP contribution in [0.5, 0.6) is 5.88 Å². The van der Waals surface area contributed by atoms with Crippen LogP contribution < -0.4 is 4.74 Å². The smallest absolute Gasteiger partial charge is 0.284 e. The van der Waals surface area contributed by atoms with E-state index in [1.54, 1.807) is 6.07 Å². The summed E-state index contributed by atoms with van der Waals surface area (Å²) in [6, 6.07) is 4.50. The van der Waals surface area contributed by atoms with Crippen LogP contribution in [-0.2, 0) is 0 Å². The summed E-state index contributed by atoms with van der Waals surface area (Å²) in [5.41, 5.74) is 0.275. The molecule has 2 aromatic rings. The lowest BCUT2D eigenvalue weighted by molar-refractivity contribution is -0.383. The van der Waals surface area contributed by atoms with Gasteiger partial charge in [0.15, 0.2) is 0 Å². The second-order valence-electron chi connectivity index (χ2n) is 2.93. The summed E-state index contributed by atoms with van der Waals surface area (Å²) in [6.45, 7) is 0. The molecular formula is C9H6ClN3O3. The number of halogens is 1. The molecular weight excluding hydrogens is 234 g/mol. The Bertz CT molecular complexity index is 573. The van der Waals surface area contributed by atoms with E-state index in [1.165, 1.54) is 19.2 Å². The van der Waals surface area contributed by atoms with E-state index in [4.69, 9.17) is 16.3 Å². The Balaban J connectivity index is 2.89. The lowest BCUT2D eigenvalue weighted by Crippen LogP contribution is -1.97. The van der Waals surface area contributed by atoms with Crippen LogP contribution in [0.1, 0.15) is 0 Å². The van der Waals surface area contributed by atoms with Gasteiger partial charge < -0.3 is 4.74 Å². The van der Waals surface area contributed by atoms with Crippen LogP contribution in [0.25, 0.3) is 10.9 Å². The van der Waals surface area contributed by atoms with Gasteiger partial charge in [-0.3, -0.25) is 10.1 Å². The minimum atomic E-state index is -0.512. The number of nitrogens with zero attached hydrogens (tertiary/aromatic N) is 3. The molecule has 2 rings (SSSR count). The van der Waals surface area contributed by atoms with E-state index in [0.29, 0.717) is 5.52 Å². The van der Waals surface area contributed by atoms with Crippen LogP contribution in [0.15, 0.2) is 18.2 Å². The Morgan fingerprint density at radius 2 is 2.19 bits per heavy atom. The first-order chi connectivity index (χ1) is 7.63. The third-order valence-corrected chi connectivity index (χ3v) is 2.20. The molecule has 1 aromatic carbocycles. The van der Waals surface area contributed by atoms with Gasteiger partial charge in [-0.25, -0.2) is 4.98 Å². The predicted molar refractivity (Wildman–Crippen MR) is 57.8 cm³/mol. The summed E-state index contributed by atoms with van der Waals surface area (Å²) in [5.74, 6) is 0.0994. The molecule has 7 heteroatoms. The van der Waals surface area contributed by atoms with Gasteiger partial charge >= 0.3 is 0 Å². The lowest BCUT2D eigenvalue weighted by atomic mass is 10.2. The second-order valence-corrected chi connectivity index (χ2v) is 3.27. The molecule has 1 heterocycles. The topological polar surface area (TPSA) is 78.2 Å². The van der Waals surface area contributed by atoms with E-state index in [-0.39, 0.29) is 22.2 Å². The number of rotatable bonds is 2. The Morgan fingerprint density at radius 3 is 2.81 bits per heavy atom. The molecule has 0 spiro atoms. The Morgan fingerprint density at radius 1 is 1.44 bits per heavy atom. The maximum absolute atomic E-state index is 10.8. The van der Waals surface area contributed by atoms with Crippen LogP contribution in [0.2, 0.25) is 5.28 Å². The number of non-ortho nitro benzene ring substituents is 1. The number of benzene rings is 1. The first kappa shape index (κ1) is 10.6. The second kappa shape index (κ2) is 3.90. The highest BCUT2D eigenvalue weighted by Gasteiger charge is 2.18. The molecule has 0 saturated heterocycles. The van der Waals surface area contributed by atoms with E-state index in [1.807, 2.05) is 0 Å². The van der Waals surface area contributed by atoms with Crippen LogP contribution in [0.3, 0.4) is 0 Å². The largest absolute Gasteiger partial charge is 0.480 e. The van der Waals surface area contributed by atoms with Crippen molar-refractivity contribution in [3.8, 4) is 5.88 Å². The SMILES string of the molecule is COc1nc(Cl)nc2cccc([N+](=O)[O-])c12. The summed E-state index contributed by atoms with van der Waals surface area (Å²) in [6.07, 6.45) is 0. The molecule has 0 saturated carbocycles. The lowest BCUT2D eigenvalue weighted by Gasteiger charge is -2.04. The number of ether oxygens (including phenoxy) is 1. The number of methoxy groups -OCH3 is 1. The Labute approximate surface area is 95.0 Å². The fourth-order valence-electron chi connectivity index (χ4n) is 1.40. The van der Waals surface area contributed by atoms with Gasteiger partial charge in [0.2, 0.25) is 11.2 Å². The van der Waals surface area contributed by atoms with E-state index >= 15 is 0 Å². The van der Waals surface area contributed by atoms with Crippen molar-refractivity contribution < 1.29 is 9.66 Å². The summed E-state index contributed by atoms with van der Waals surface area (Å²) < 4.78 is 4.96. The molecule has 0 aliphatic rings. The molecule has 0 fully saturated rings. The van der Waals surface area contributed by atoms with Gasteiger partial charge in [0, 0.05) is 6.07 Å². The van der Waals surface area contributed by atoms with Crippen molar-refractivity contribution in [3.63, 3.8) is 0 Å². The van der Waals surface area contributed by atoms with E-state index in [9.17, 15) is 10.1 Å². The van der Waals surface area contributed by atoms with Gasteiger partial charge in [0.1, 0.15) is 5.39 Å². The normalized spacial score (nSPS) is 10.4. The maximum Gasteiger partial charge on any atom is 0.284 e. The van der Waals surface area contributed by atoms with E-state index in [2.05, 4.69) is 9.97 Å². The van der Waals surface area contributed by atoms with Crippen molar-refractivity contribution in [1.29, 1.82) is 0 Å². The van der Waals surface area contributed by atoms with Crippen molar-refractivity contribution in [2.45, 2.75) is 0 Å². The molecule has 0 N–H and O–H groups in total. The Kier molecular flexibility index (Phi) is 2.57. The molecule has 16 heavy (non-hydrogen) atoms. The zero-order valence-electron chi connectivity index (χ0n) is 8.18. The quantitative estimate of drug-likeness (QED) is 0.456. The van der Waals surface area contributed by atoms with Crippen molar-refractivity contribution in [2.75, 3.05) is 7.11 Å². The minimum Gasteiger partial charge on any atom is -0.480 e. The molecule has 0 radical (unpaired) electrons. The molecule has 0 bridgehead atoms. The standard InChI is InChI=1S/C9H6ClN3O3/c1-16-8-7-5(11-9(10)12-8)3-2-4-6(7)13(14)15/h2-4H,1H3. The van der Waals surface area contributed by atoms with Crippen molar-refractivity contribution >= 4 is 28.2 Å². The van der Waals surface area contributed by atoms with Gasteiger partial charge in [-0.2, -0.15) is 4.98 Å². The first-order valence-electron chi connectivity index (χ1n) is 4.28. The zero-order chi connectivity index (χ0) is 11.7. The van der Waals surface area contributed by atoms with Gasteiger partial charge in [0.25, 0.3) is 5.69 Å². The van der Waals surface area contributed by atoms with E-state index < -0.39 is 4.92 Å². The fourth-order valence-corrected chi connectivity index (χ4v) is 1.57. The molecule has 0 aliphatic carbocycles. The molecule has 0 amide bonds. The fraction of sp³-hybridized carbons (Fsp3) is 0.111. The van der Waals surface area contributed by atoms with Gasteiger partial charge in [-0.1, -0.05) is 6.07 Å². The third-order valence-electron chi connectivity index (χ3n) is 2.03. The van der Waals surface area contributed by atoms with Crippen LogP contribution in [-0.4, -0.2) is 22.0 Å². The van der Waals surface area contributed by atoms with Gasteiger partial charge in [-0.05, 0) is 17.7 Å². The van der Waals surface area contributed by atoms with Crippen molar-refractivity contribution in [2.24, 2.45) is 0 Å². The highest BCUT2D eigenvalue weighted by molar-refractivity contribution is 6.28. The third kappa shape index (κ3) is 1.63. The van der Waals surface area contributed by atoms with E-state index in [0.717, 1.165) is 0 Å². The van der Waals surface area contributed by atoms with Crippen molar-refractivity contribution in [1.82, 2.24) is 9.97 Å². The highest BCUT2D eigenvalue weighted by atomic mass is 35.5. The van der Waals surface area contributed by atoms with Crippen LogP contribution in [0, 0.1) is 10.1 Å². The minimum absolute atomic E-state index is 0.00940. The molecule has 82 valence electrons. The number of nitro groups is 1. The average Bonchev–Trinajstić information content (AvgIpc) is 2.26. The number of aromatic nitrogens is 2. The number of fused-ring (bicyclic) bond motifs is 1. The van der Waals surface area contributed by atoms with Gasteiger partial charge in [-0.15, -0.1) is 0 Å². The monoisotopic (exact) mass is 239 g/mol. The number of hydrogen-bond donors (Lipinski definition) is 0. The Hall–Kier alpha value is -1.95. The number of hydrogen-bond acceptors (Lipinski definition) is 5. The summed E-state index contributed by atoms with van der Waals surface area (Å²) in [4.78, 5) is 18.0. The zero-order valence-corrected chi connectivity index (χ0v) is 8.93. The summed E-state index contributed by atoms with van der Waals surface area (Å²) in [7, 11) is 1.37.